The summed E-state index contributed by atoms with van der Waals surface area (Å²) in [7, 11) is 1.69. The molecule has 0 radical (unpaired) electrons. The molecule has 1 aromatic carbocycles. The zero-order valence-electron chi connectivity index (χ0n) is 16.6. The number of carbonyl (C=O) groups excluding carboxylic acids is 1. The Balaban J connectivity index is 1.78. The molecule has 1 amide bonds. The highest BCUT2D eigenvalue weighted by Crippen LogP contribution is 2.35. The average molecular weight is 399 g/mol. The Hall–Kier alpha value is -2.38. The largest absolute Gasteiger partial charge is 0.383 e. The second-order valence-corrected chi connectivity index (χ2v) is 8.21. The van der Waals surface area contributed by atoms with E-state index >= 15 is 0 Å². The van der Waals surface area contributed by atoms with Gasteiger partial charge in [0.15, 0.2) is 4.96 Å². The Labute approximate surface area is 169 Å². The van der Waals surface area contributed by atoms with Crippen molar-refractivity contribution < 1.29 is 9.53 Å². The van der Waals surface area contributed by atoms with Gasteiger partial charge in [0.05, 0.1) is 6.61 Å². The molecule has 0 unspecified atom stereocenters. The van der Waals surface area contributed by atoms with Crippen LogP contribution in [0.15, 0.2) is 24.3 Å². The van der Waals surface area contributed by atoms with Gasteiger partial charge in [-0.25, -0.2) is 4.98 Å². The number of anilines is 1. The van der Waals surface area contributed by atoms with Crippen molar-refractivity contribution in [3.63, 3.8) is 0 Å². The number of aryl methyl sites for hydroxylation is 2. The van der Waals surface area contributed by atoms with Crippen LogP contribution in [0.3, 0.4) is 0 Å². The Bertz CT molecular complexity index is 984. The van der Waals surface area contributed by atoms with Gasteiger partial charge < -0.3 is 15.0 Å². The normalized spacial score (nSPS) is 14.2. The molecule has 1 saturated heterocycles. The molecule has 0 saturated carbocycles. The lowest BCUT2D eigenvalue weighted by Gasteiger charge is -2.14. The first kappa shape index (κ1) is 19.0. The van der Waals surface area contributed by atoms with Gasteiger partial charge in [-0.3, -0.25) is 9.20 Å². The molecule has 0 spiro atoms. The van der Waals surface area contributed by atoms with Crippen molar-refractivity contribution in [1.82, 2.24) is 14.3 Å². The highest BCUT2D eigenvalue weighted by Gasteiger charge is 2.27. The van der Waals surface area contributed by atoms with E-state index in [1.165, 1.54) is 16.9 Å². The zero-order chi connectivity index (χ0) is 19.7. The van der Waals surface area contributed by atoms with Crippen LogP contribution in [-0.2, 0) is 4.74 Å². The molecule has 6 nitrogen and oxygen atoms in total. The Kier molecular flexibility index (Phi) is 5.37. The van der Waals surface area contributed by atoms with E-state index in [2.05, 4.69) is 40.9 Å². The molecule has 2 aromatic heterocycles. The van der Waals surface area contributed by atoms with E-state index in [0.717, 1.165) is 58.5 Å². The van der Waals surface area contributed by atoms with E-state index in [1.807, 2.05) is 11.8 Å². The van der Waals surface area contributed by atoms with Crippen molar-refractivity contribution in [2.24, 2.45) is 0 Å². The third-order valence-electron chi connectivity index (χ3n) is 5.22. The van der Waals surface area contributed by atoms with Crippen molar-refractivity contribution in [3.8, 4) is 11.3 Å². The van der Waals surface area contributed by atoms with Crippen LogP contribution in [0.25, 0.3) is 16.2 Å². The number of imidazole rings is 1. The van der Waals surface area contributed by atoms with Crippen LogP contribution in [-0.4, -0.2) is 53.5 Å². The summed E-state index contributed by atoms with van der Waals surface area (Å²) in [6.07, 6.45) is 2.18. The number of hydrogen-bond donors (Lipinski definition) is 1. The maximum Gasteiger partial charge on any atom is 0.265 e. The number of nitrogens with one attached hydrogen (secondary N) is 1. The number of hydrogen-bond acceptors (Lipinski definition) is 5. The highest BCUT2D eigenvalue weighted by atomic mass is 32.1. The number of rotatable bonds is 6. The van der Waals surface area contributed by atoms with Crippen LogP contribution in [0.5, 0.6) is 0 Å². The van der Waals surface area contributed by atoms with Gasteiger partial charge in [0.2, 0.25) is 0 Å². The lowest BCUT2D eigenvalue weighted by molar-refractivity contribution is 0.0796. The summed E-state index contributed by atoms with van der Waals surface area (Å²) in [5, 5.41) is 3.47. The van der Waals surface area contributed by atoms with Crippen molar-refractivity contribution in [1.29, 1.82) is 0 Å². The quantitative estimate of drug-likeness (QED) is 0.638. The van der Waals surface area contributed by atoms with E-state index in [1.54, 1.807) is 7.11 Å². The number of nitrogens with zero attached hydrogens (tertiary/aromatic N) is 3. The predicted molar refractivity (Wildman–Crippen MR) is 113 cm³/mol. The summed E-state index contributed by atoms with van der Waals surface area (Å²) < 4.78 is 7.29. The number of likely N-dealkylation sites (tertiary alicyclic amines) is 1. The molecule has 1 N–H and O–H groups in total. The molecule has 0 atom stereocenters. The van der Waals surface area contributed by atoms with Gasteiger partial charge in [-0.15, -0.1) is 0 Å². The van der Waals surface area contributed by atoms with Crippen LogP contribution in [0.1, 0.15) is 33.8 Å². The molecule has 1 fully saturated rings. The second kappa shape index (κ2) is 7.93. The lowest BCUT2D eigenvalue weighted by Crippen LogP contribution is -2.27. The minimum atomic E-state index is 0.130. The standard InChI is InChI=1S/C21H26N4O2S/c1-14-6-8-16(9-7-14)17-19(22-10-13-27-3)25-15(2)18(28-21(25)23-17)20(26)24-11-4-5-12-24/h6-9,22H,4-5,10-13H2,1-3H3. The van der Waals surface area contributed by atoms with Crippen molar-refractivity contribution >= 4 is 28.0 Å². The highest BCUT2D eigenvalue weighted by molar-refractivity contribution is 7.19. The van der Waals surface area contributed by atoms with Gasteiger partial charge >= 0.3 is 0 Å². The Morgan fingerprint density at radius 3 is 2.61 bits per heavy atom. The van der Waals surface area contributed by atoms with Gasteiger partial charge in [-0.2, -0.15) is 0 Å². The van der Waals surface area contributed by atoms with Crippen molar-refractivity contribution in [2.45, 2.75) is 26.7 Å². The fourth-order valence-electron chi connectivity index (χ4n) is 3.66. The number of amides is 1. The van der Waals surface area contributed by atoms with E-state index in [4.69, 9.17) is 9.72 Å². The lowest BCUT2D eigenvalue weighted by atomic mass is 10.1. The predicted octanol–water partition coefficient (Wildman–Crippen LogP) is 3.97. The molecular weight excluding hydrogens is 372 g/mol. The molecule has 7 heteroatoms. The molecule has 1 aliphatic rings. The minimum Gasteiger partial charge on any atom is -0.383 e. The number of thiazole rings is 1. The van der Waals surface area contributed by atoms with Gasteiger partial charge in [0.25, 0.3) is 5.91 Å². The van der Waals surface area contributed by atoms with E-state index < -0.39 is 0 Å². The first-order valence-electron chi connectivity index (χ1n) is 9.71. The third kappa shape index (κ3) is 3.40. The van der Waals surface area contributed by atoms with Gasteiger partial charge in [-0.1, -0.05) is 41.2 Å². The van der Waals surface area contributed by atoms with Crippen LogP contribution in [0.2, 0.25) is 0 Å². The fourth-order valence-corrected chi connectivity index (χ4v) is 4.75. The molecule has 3 heterocycles. The van der Waals surface area contributed by atoms with Crippen molar-refractivity contribution in [3.05, 3.63) is 40.4 Å². The van der Waals surface area contributed by atoms with E-state index in [0.29, 0.717) is 13.2 Å². The number of ether oxygens (including phenoxy) is 1. The summed E-state index contributed by atoms with van der Waals surface area (Å²) in [5.74, 6) is 1.05. The number of methoxy groups -OCH3 is 1. The molecule has 0 bridgehead atoms. The third-order valence-corrected chi connectivity index (χ3v) is 6.35. The molecule has 1 aliphatic heterocycles. The van der Waals surface area contributed by atoms with Gasteiger partial charge in [0.1, 0.15) is 16.4 Å². The second-order valence-electron chi connectivity index (χ2n) is 7.23. The fraction of sp³-hybridized carbons (Fsp3) is 0.429. The molecule has 28 heavy (non-hydrogen) atoms. The molecule has 148 valence electrons. The zero-order valence-corrected chi connectivity index (χ0v) is 17.4. The first-order valence-corrected chi connectivity index (χ1v) is 10.5. The van der Waals surface area contributed by atoms with E-state index in [-0.39, 0.29) is 5.91 Å². The van der Waals surface area contributed by atoms with Gasteiger partial charge in [0, 0.05) is 38.0 Å². The topological polar surface area (TPSA) is 58.9 Å². The van der Waals surface area contributed by atoms with Crippen LogP contribution < -0.4 is 5.32 Å². The molecule has 3 aromatic rings. The Morgan fingerprint density at radius 2 is 1.93 bits per heavy atom. The van der Waals surface area contributed by atoms with Crippen LogP contribution in [0, 0.1) is 13.8 Å². The molecule has 0 aliphatic carbocycles. The minimum absolute atomic E-state index is 0.130. The SMILES string of the molecule is COCCNc1c(-c2ccc(C)cc2)nc2sc(C(=O)N3CCCC3)c(C)n12. The average Bonchev–Trinajstić information content (AvgIpc) is 3.40. The molecular formula is C21H26N4O2S. The summed E-state index contributed by atoms with van der Waals surface area (Å²) >= 11 is 1.48. The number of fused-ring (bicyclic) bond motifs is 1. The summed E-state index contributed by atoms with van der Waals surface area (Å²) in [6.45, 7) is 7.07. The summed E-state index contributed by atoms with van der Waals surface area (Å²) in [5.41, 5.74) is 4.13. The first-order chi connectivity index (χ1) is 13.6. The monoisotopic (exact) mass is 398 g/mol. The van der Waals surface area contributed by atoms with Crippen molar-refractivity contribution in [2.75, 3.05) is 38.7 Å². The van der Waals surface area contributed by atoms with Crippen LogP contribution in [0.4, 0.5) is 5.82 Å². The van der Waals surface area contributed by atoms with E-state index in [9.17, 15) is 4.79 Å². The van der Waals surface area contributed by atoms with Gasteiger partial charge in [-0.05, 0) is 26.7 Å². The number of aromatic nitrogens is 2. The number of carbonyl (C=O) groups is 1. The summed E-state index contributed by atoms with van der Waals surface area (Å²) in [4.78, 5) is 21.4. The Morgan fingerprint density at radius 1 is 1.21 bits per heavy atom. The summed E-state index contributed by atoms with van der Waals surface area (Å²) in [6, 6.07) is 8.37. The van der Waals surface area contributed by atoms with Crippen LogP contribution >= 0.6 is 11.3 Å². The maximum atomic E-state index is 13.0. The molecule has 4 rings (SSSR count). The maximum absolute atomic E-state index is 13.0. The smallest absolute Gasteiger partial charge is 0.265 e. The number of benzene rings is 1.